The molecule has 6 heteroatoms. The van der Waals surface area contributed by atoms with Crippen LogP contribution in [0.2, 0.25) is 0 Å². The molecule has 5 nitrogen and oxygen atoms in total. The lowest BCUT2D eigenvalue weighted by Crippen LogP contribution is -2.22. The van der Waals surface area contributed by atoms with Gasteiger partial charge in [-0.1, -0.05) is 19.1 Å². The lowest BCUT2D eigenvalue weighted by Gasteiger charge is -2.11. The molecule has 0 saturated carbocycles. The van der Waals surface area contributed by atoms with E-state index in [1.54, 1.807) is 16.8 Å². The van der Waals surface area contributed by atoms with Crippen LogP contribution in [0.5, 0.6) is 0 Å². The predicted molar refractivity (Wildman–Crippen MR) is 65.4 cm³/mol. The highest BCUT2D eigenvalue weighted by molar-refractivity contribution is 5.16. The fourth-order valence-electron chi connectivity index (χ4n) is 1.79. The summed E-state index contributed by atoms with van der Waals surface area (Å²) < 4.78 is 14.5. The standard InChI is InChI=1S/C12H16FN5/c1-3-14-9(2)12-15-16-17-18(12)8-10-4-6-11(13)7-5-10/h4-7,9,14H,3,8H2,1-2H3. The van der Waals surface area contributed by atoms with Crippen LogP contribution < -0.4 is 5.32 Å². The summed E-state index contributed by atoms with van der Waals surface area (Å²) in [6.07, 6.45) is 0. The van der Waals surface area contributed by atoms with E-state index in [1.807, 2.05) is 13.8 Å². The predicted octanol–water partition coefficient (Wildman–Crippen LogP) is 1.53. The van der Waals surface area contributed by atoms with E-state index in [4.69, 9.17) is 0 Å². The molecule has 0 fully saturated rings. The molecule has 0 aliphatic carbocycles. The Bertz CT molecular complexity index is 493. The number of aromatic nitrogens is 4. The van der Waals surface area contributed by atoms with Gasteiger partial charge < -0.3 is 5.32 Å². The Morgan fingerprint density at radius 2 is 2.06 bits per heavy atom. The normalized spacial score (nSPS) is 12.6. The molecule has 0 radical (unpaired) electrons. The fourth-order valence-corrected chi connectivity index (χ4v) is 1.79. The summed E-state index contributed by atoms with van der Waals surface area (Å²) in [7, 11) is 0. The van der Waals surface area contributed by atoms with Crippen LogP contribution in [0.1, 0.15) is 31.3 Å². The summed E-state index contributed by atoms with van der Waals surface area (Å²) in [5.74, 6) is 0.540. The maximum atomic E-state index is 12.8. The third kappa shape index (κ3) is 2.89. The summed E-state index contributed by atoms with van der Waals surface area (Å²) in [5, 5.41) is 14.9. The first-order valence-electron chi connectivity index (χ1n) is 5.94. The van der Waals surface area contributed by atoms with Gasteiger partial charge in [-0.05, 0) is 41.6 Å². The van der Waals surface area contributed by atoms with Gasteiger partial charge in [0, 0.05) is 0 Å². The Morgan fingerprint density at radius 3 is 2.72 bits per heavy atom. The minimum absolute atomic E-state index is 0.0884. The molecule has 1 aromatic carbocycles. The molecule has 1 atom stereocenters. The van der Waals surface area contributed by atoms with Gasteiger partial charge in [0.15, 0.2) is 5.82 Å². The van der Waals surface area contributed by atoms with Crippen molar-refractivity contribution in [3.05, 3.63) is 41.5 Å². The number of nitrogens with zero attached hydrogens (tertiary/aromatic N) is 4. The van der Waals surface area contributed by atoms with Crippen molar-refractivity contribution in [1.82, 2.24) is 25.5 Å². The largest absolute Gasteiger partial charge is 0.308 e. The van der Waals surface area contributed by atoms with Crippen molar-refractivity contribution in [1.29, 1.82) is 0 Å². The molecule has 2 rings (SSSR count). The number of hydrogen-bond acceptors (Lipinski definition) is 4. The van der Waals surface area contributed by atoms with E-state index in [-0.39, 0.29) is 11.9 Å². The molecule has 0 amide bonds. The number of nitrogens with one attached hydrogen (secondary N) is 1. The Morgan fingerprint density at radius 1 is 1.33 bits per heavy atom. The smallest absolute Gasteiger partial charge is 0.168 e. The molecule has 0 aliphatic rings. The Labute approximate surface area is 105 Å². The van der Waals surface area contributed by atoms with Crippen molar-refractivity contribution in [2.24, 2.45) is 0 Å². The monoisotopic (exact) mass is 249 g/mol. The molecule has 1 heterocycles. The van der Waals surface area contributed by atoms with E-state index in [9.17, 15) is 4.39 Å². The first kappa shape index (κ1) is 12.6. The molecule has 2 aromatic rings. The van der Waals surface area contributed by atoms with E-state index in [1.165, 1.54) is 12.1 Å². The second kappa shape index (κ2) is 5.68. The number of benzene rings is 1. The fraction of sp³-hybridized carbons (Fsp3) is 0.417. The lowest BCUT2D eigenvalue weighted by atomic mass is 10.2. The summed E-state index contributed by atoms with van der Waals surface area (Å²) in [6, 6.07) is 6.43. The van der Waals surface area contributed by atoms with Gasteiger partial charge in [0.25, 0.3) is 0 Å². The van der Waals surface area contributed by atoms with Gasteiger partial charge in [-0.25, -0.2) is 9.07 Å². The number of halogens is 1. The van der Waals surface area contributed by atoms with Crippen molar-refractivity contribution in [2.45, 2.75) is 26.4 Å². The molecular weight excluding hydrogens is 233 g/mol. The highest BCUT2D eigenvalue weighted by Crippen LogP contribution is 2.10. The van der Waals surface area contributed by atoms with Crippen molar-refractivity contribution in [3.63, 3.8) is 0 Å². The minimum atomic E-state index is -0.239. The zero-order valence-electron chi connectivity index (χ0n) is 10.5. The maximum absolute atomic E-state index is 12.8. The van der Waals surface area contributed by atoms with Crippen LogP contribution in [-0.2, 0) is 6.54 Å². The summed E-state index contributed by atoms with van der Waals surface area (Å²) in [4.78, 5) is 0. The summed E-state index contributed by atoms with van der Waals surface area (Å²) in [6.45, 7) is 5.43. The van der Waals surface area contributed by atoms with E-state index in [0.29, 0.717) is 6.54 Å². The molecule has 0 spiro atoms. The highest BCUT2D eigenvalue weighted by atomic mass is 19.1. The van der Waals surface area contributed by atoms with Gasteiger partial charge in [-0.3, -0.25) is 0 Å². The van der Waals surface area contributed by atoms with E-state index < -0.39 is 0 Å². The Balaban J connectivity index is 2.14. The molecule has 1 aromatic heterocycles. The second-order valence-corrected chi connectivity index (χ2v) is 4.10. The van der Waals surface area contributed by atoms with Gasteiger partial charge in [0.2, 0.25) is 0 Å². The van der Waals surface area contributed by atoms with Crippen LogP contribution in [0.15, 0.2) is 24.3 Å². The average Bonchev–Trinajstić information content (AvgIpc) is 2.81. The quantitative estimate of drug-likeness (QED) is 0.873. The van der Waals surface area contributed by atoms with Crippen LogP contribution in [0.25, 0.3) is 0 Å². The van der Waals surface area contributed by atoms with Crippen LogP contribution in [-0.4, -0.2) is 26.8 Å². The lowest BCUT2D eigenvalue weighted by molar-refractivity contribution is 0.516. The van der Waals surface area contributed by atoms with Crippen molar-refractivity contribution >= 4 is 0 Å². The highest BCUT2D eigenvalue weighted by Gasteiger charge is 2.13. The molecule has 18 heavy (non-hydrogen) atoms. The molecule has 0 aliphatic heterocycles. The van der Waals surface area contributed by atoms with Crippen molar-refractivity contribution in [2.75, 3.05) is 6.54 Å². The Hall–Kier alpha value is -1.82. The van der Waals surface area contributed by atoms with Gasteiger partial charge >= 0.3 is 0 Å². The van der Waals surface area contributed by atoms with Crippen molar-refractivity contribution < 1.29 is 4.39 Å². The van der Waals surface area contributed by atoms with Gasteiger partial charge in [0.05, 0.1) is 12.6 Å². The van der Waals surface area contributed by atoms with E-state index in [2.05, 4.69) is 20.8 Å². The summed E-state index contributed by atoms with van der Waals surface area (Å²) in [5.41, 5.74) is 0.966. The summed E-state index contributed by atoms with van der Waals surface area (Å²) >= 11 is 0. The van der Waals surface area contributed by atoms with Gasteiger partial charge in [-0.15, -0.1) is 5.10 Å². The zero-order chi connectivity index (χ0) is 13.0. The van der Waals surface area contributed by atoms with Gasteiger partial charge in [0.1, 0.15) is 5.82 Å². The van der Waals surface area contributed by atoms with E-state index >= 15 is 0 Å². The van der Waals surface area contributed by atoms with Gasteiger partial charge in [-0.2, -0.15) is 0 Å². The average molecular weight is 249 g/mol. The first-order chi connectivity index (χ1) is 8.70. The number of rotatable bonds is 5. The molecule has 0 saturated heterocycles. The van der Waals surface area contributed by atoms with Crippen LogP contribution >= 0.6 is 0 Å². The topological polar surface area (TPSA) is 55.6 Å². The molecule has 0 bridgehead atoms. The number of hydrogen-bond donors (Lipinski definition) is 1. The second-order valence-electron chi connectivity index (χ2n) is 4.10. The Kier molecular flexibility index (Phi) is 3.99. The maximum Gasteiger partial charge on any atom is 0.168 e. The SMILES string of the molecule is CCNC(C)c1nnnn1Cc1ccc(F)cc1. The molecule has 96 valence electrons. The van der Waals surface area contributed by atoms with Crippen molar-refractivity contribution in [3.8, 4) is 0 Å². The number of tetrazole rings is 1. The molecule has 1 unspecified atom stereocenters. The minimum Gasteiger partial charge on any atom is -0.308 e. The third-order valence-electron chi connectivity index (χ3n) is 2.70. The zero-order valence-corrected chi connectivity index (χ0v) is 10.5. The van der Waals surface area contributed by atoms with Crippen LogP contribution in [0.4, 0.5) is 4.39 Å². The van der Waals surface area contributed by atoms with Crippen LogP contribution in [0.3, 0.4) is 0 Å². The first-order valence-corrected chi connectivity index (χ1v) is 5.94. The third-order valence-corrected chi connectivity index (χ3v) is 2.70. The molecule has 1 N–H and O–H groups in total. The van der Waals surface area contributed by atoms with Crippen LogP contribution in [0, 0.1) is 5.82 Å². The van der Waals surface area contributed by atoms with E-state index in [0.717, 1.165) is 17.9 Å². The molecular formula is C12H16FN5.